The summed E-state index contributed by atoms with van der Waals surface area (Å²) in [5, 5.41) is 8.57. The minimum absolute atomic E-state index is 0.0582. The van der Waals surface area contributed by atoms with E-state index in [9.17, 15) is 9.59 Å². The summed E-state index contributed by atoms with van der Waals surface area (Å²) in [4.78, 5) is 25.6. The fourth-order valence-corrected chi connectivity index (χ4v) is 4.49. The van der Waals surface area contributed by atoms with Crippen LogP contribution in [0.1, 0.15) is 22.8 Å². The Labute approximate surface area is 202 Å². The largest absolute Gasteiger partial charge is 0.465 e. The molecule has 1 atom stereocenters. The van der Waals surface area contributed by atoms with Crippen LogP contribution in [0.5, 0.6) is 0 Å². The molecular weight excluding hydrogens is 448 g/mol. The van der Waals surface area contributed by atoms with E-state index in [-0.39, 0.29) is 23.2 Å². The summed E-state index contributed by atoms with van der Waals surface area (Å²) in [5.41, 5.74) is 9.70. The molecule has 0 aliphatic heterocycles. The predicted molar refractivity (Wildman–Crippen MR) is 138 cm³/mol. The number of Topliss-reactive ketones (excluding diaryl/α,β-unsaturated/α-hetero) is 1. The predicted octanol–water partition coefficient (Wildman–Crippen LogP) is 4.83. The second-order valence-corrected chi connectivity index (χ2v) is 8.41. The van der Waals surface area contributed by atoms with Crippen molar-refractivity contribution in [2.24, 2.45) is 10.2 Å². The highest BCUT2D eigenvalue weighted by molar-refractivity contribution is 8.02. The zero-order valence-corrected chi connectivity index (χ0v) is 19.4. The van der Waals surface area contributed by atoms with E-state index >= 15 is 0 Å². The van der Waals surface area contributed by atoms with E-state index in [1.54, 1.807) is 13.0 Å². The number of thioether (sulfide) groups is 1. The van der Waals surface area contributed by atoms with Gasteiger partial charge in [0.15, 0.2) is 0 Å². The molecule has 1 unspecified atom stereocenters. The van der Waals surface area contributed by atoms with Crippen molar-refractivity contribution in [1.82, 2.24) is 0 Å². The van der Waals surface area contributed by atoms with Gasteiger partial charge in [-0.2, -0.15) is 10.2 Å². The van der Waals surface area contributed by atoms with Crippen LogP contribution in [0.2, 0.25) is 0 Å². The van der Waals surface area contributed by atoms with Gasteiger partial charge in [0.25, 0.3) is 0 Å². The van der Waals surface area contributed by atoms with E-state index in [4.69, 9.17) is 4.74 Å². The van der Waals surface area contributed by atoms with Crippen LogP contribution in [0, 0.1) is 0 Å². The van der Waals surface area contributed by atoms with Crippen LogP contribution in [0.25, 0.3) is 0 Å². The van der Waals surface area contributed by atoms with Gasteiger partial charge in [0.2, 0.25) is 5.78 Å². The van der Waals surface area contributed by atoms with Crippen LogP contribution >= 0.6 is 11.8 Å². The standard InChI is InChI=1S/C26H24N4O3S/c1-2-33-22(31)17-34-26-23(29-27-18-11-5-3-6-12-18)20-15-9-10-16-21(20)25(32)24(26)30-28-19-13-7-4-8-14-19/h3-16,26-28H,2,17H2,1H3/b29-23+,30-24-. The number of hydrogen-bond acceptors (Lipinski definition) is 8. The Kier molecular flexibility index (Phi) is 7.72. The number of anilines is 2. The van der Waals surface area contributed by atoms with Crippen molar-refractivity contribution in [2.45, 2.75) is 12.2 Å². The summed E-state index contributed by atoms with van der Waals surface area (Å²) in [7, 11) is 0. The summed E-state index contributed by atoms with van der Waals surface area (Å²) in [5.74, 6) is -0.508. The van der Waals surface area contributed by atoms with E-state index in [1.807, 2.05) is 78.9 Å². The molecule has 0 radical (unpaired) electrons. The van der Waals surface area contributed by atoms with Gasteiger partial charge < -0.3 is 4.74 Å². The molecule has 1 aliphatic carbocycles. The average Bonchev–Trinajstić information content (AvgIpc) is 2.88. The zero-order valence-electron chi connectivity index (χ0n) is 18.6. The smallest absolute Gasteiger partial charge is 0.315 e. The summed E-state index contributed by atoms with van der Waals surface area (Å²) >= 11 is 1.26. The first-order valence-corrected chi connectivity index (χ1v) is 11.9. The highest BCUT2D eigenvalue weighted by atomic mass is 32.2. The number of hydrogen-bond donors (Lipinski definition) is 2. The third kappa shape index (κ3) is 5.52. The van der Waals surface area contributed by atoms with Crippen molar-refractivity contribution in [1.29, 1.82) is 0 Å². The second kappa shape index (κ2) is 11.3. The van der Waals surface area contributed by atoms with Crippen molar-refractivity contribution in [2.75, 3.05) is 23.2 Å². The van der Waals surface area contributed by atoms with Crippen LogP contribution < -0.4 is 10.9 Å². The maximum Gasteiger partial charge on any atom is 0.315 e. The SMILES string of the molecule is CCOC(=O)CSC1/C(=N\Nc2ccccc2)C(=O)c2ccccc2/C1=N\Nc1ccccc1. The van der Waals surface area contributed by atoms with Gasteiger partial charge >= 0.3 is 5.97 Å². The lowest BCUT2D eigenvalue weighted by atomic mass is 9.87. The highest BCUT2D eigenvalue weighted by Gasteiger charge is 2.38. The number of benzene rings is 3. The lowest BCUT2D eigenvalue weighted by Crippen LogP contribution is -2.41. The molecule has 7 nitrogen and oxygen atoms in total. The fraction of sp³-hybridized carbons (Fsp3) is 0.154. The van der Waals surface area contributed by atoms with E-state index < -0.39 is 5.25 Å². The molecule has 2 N–H and O–H groups in total. The molecule has 0 saturated carbocycles. The number of nitrogens with one attached hydrogen (secondary N) is 2. The number of para-hydroxylation sites is 2. The van der Waals surface area contributed by atoms with E-state index in [1.165, 1.54) is 11.8 Å². The molecule has 3 aromatic carbocycles. The molecular formula is C26H24N4O3S. The molecule has 4 rings (SSSR count). The number of nitrogens with zero attached hydrogens (tertiary/aromatic N) is 2. The molecule has 172 valence electrons. The first-order chi connectivity index (χ1) is 16.7. The molecule has 34 heavy (non-hydrogen) atoms. The van der Waals surface area contributed by atoms with Gasteiger partial charge in [-0.3, -0.25) is 20.4 Å². The van der Waals surface area contributed by atoms with Crippen molar-refractivity contribution in [3.05, 3.63) is 96.1 Å². The Morgan fingerprint density at radius 3 is 1.94 bits per heavy atom. The van der Waals surface area contributed by atoms with E-state index in [2.05, 4.69) is 21.1 Å². The summed E-state index contributed by atoms with van der Waals surface area (Å²) in [6.45, 7) is 2.05. The number of ketones is 1. The van der Waals surface area contributed by atoms with Crippen LogP contribution in [0.4, 0.5) is 11.4 Å². The van der Waals surface area contributed by atoms with Gasteiger partial charge in [-0.15, -0.1) is 11.8 Å². The minimum Gasteiger partial charge on any atom is -0.465 e. The molecule has 0 fully saturated rings. The van der Waals surface area contributed by atoms with Gasteiger partial charge in [-0.25, -0.2) is 0 Å². The first-order valence-electron chi connectivity index (χ1n) is 10.9. The van der Waals surface area contributed by atoms with Crippen LogP contribution in [-0.2, 0) is 9.53 Å². The normalized spacial score (nSPS) is 17.3. The van der Waals surface area contributed by atoms with Crippen molar-refractivity contribution in [3.8, 4) is 0 Å². The Bertz CT molecular complexity index is 1210. The second-order valence-electron chi connectivity index (χ2n) is 7.32. The number of hydrazone groups is 2. The number of esters is 1. The molecule has 0 amide bonds. The third-order valence-electron chi connectivity index (χ3n) is 5.01. The lowest BCUT2D eigenvalue weighted by Gasteiger charge is -2.26. The lowest BCUT2D eigenvalue weighted by molar-refractivity contribution is -0.139. The van der Waals surface area contributed by atoms with Crippen LogP contribution in [0.15, 0.2) is 95.1 Å². The van der Waals surface area contributed by atoms with Gasteiger partial charge in [-0.05, 0) is 31.2 Å². The monoisotopic (exact) mass is 472 g/mol. The van der Waals surface area contributed by atoms with Crippen LogP contribution in [-0.4, -0.2) is 40.8 Å². The topological polar surface area (TPSA) is 92.1 Å². The average molecular weight is 473 g/mol. The van der Waals surface area contributed by atoms with E-state index in [0.29, 0.717) is 23.4 Å². The van der Waals surface area contributed by atoms with Gasteiger partial charge in [-0.1, -0.05) is 60.7 Å². The number of fused-ring (bicyclic) bond motifs is 1. The van der Waals surface area contributed by atoms with Crippen molar-refractivity contribution in [3.63, 3.8) is 0 Å². The highest BCUT2D eigenvalue weighted by Crippen LogP contribution is 2.29. The molecule has 0 saturated heterocycles. The molecule has 0 spiro atoms. The van der Waals surface area contributed by atoms with Gasteiger partial charge in [0.05, 0.1) is 34.7 Å². The van der Waals surface area contributed by atoms with Crippen molar-refractivity contribution < 1.29 is 14.3 Å². The maximum atomic E-state index is 13.5. The minimum atomic E-state index is -0.584. The number of rotatable bonds is 8. The Balaban J connectivity index is 1.75. The maximum absolute atomic E-state index is 13.5. The molecule has 0 aromatic heterocycles. The number of carbonyl (C=O) groups excluding carboxylic acids is 2. The number of carbonyl (C=O) groups is 2. The first kappa shape index (κ1) is 23.3. The molecule has 0 heterocycles. The van der Waals surface area contributed by atoms with Gasteiger partial charge in [0.1, 0.15) is 5.71 Å². The molecule has 1 aliphatic rings. The summed E-state index contributed by atoms with van der Waals surface area (Å²) < 4.78 is 5.10. The summed E-state index contributed by atoms with van der Waals surface area (Å²) in [6.07, 6.45) is 0. The fourth-order valence-electron chi connectivity index (χ4n) is 3.45. The van der Waals surface area contributed by atoms with Gasteiger partial charge in [0, 0.05) is 11.1 Å². The molecule has 0 bridgehead atoms. The van der Waals surface area contributed by atoms with Crippen LogP contribution in [0.3, 0.4) is 0 Å². The summed E-state index contributed by atoms with van der Waals surface area (Å²) in [6, 6.07) is 26.2. The quantitative estimate of drug-likeness (QED) is 0.360. The molecule has 3 aromatic rings. The zero-order chi connectivity index (χ0) is 23.8. The molecule has 8 heteroatoms. The van der Waals surface area contributed by atoms with Crippen molar-refractivity contribution >= 4 is 46.3 Å². The number of ether oxygens (including phenoxy) is 1. The Hall–Kier alpha value is -3.91. The third-order valence-corrected chi connectivity index (χ3v) is 6.19. The Morgan fingerprint density at radius 1 is 0.824 bits per heavy atom. The Morgan fingerprint density at radius 2 is 1.35 bits per heavy atom. The van der Waals surface area contributed by atoms with E-state index in [0.717, 1.165) is 11.4 Å².